The Balaban J connectivity index is 1.57. The molecule has 3 nitrogen and oxygen atoms in total. The highest BCUT2D eigenvalue weighted by molar-refractivity contribution is 9.10. The van der Waals surface area contributed by atoms with E-state index in [4.69, 9.17) is 4.74 Å². The molecule has 0 bridgehead atoms. The normalized spacial score (nSPS) is 24.6. The second-order valence-electron chi connectivity index (χ2n) is 5.51. The fourth-order valence-corrected chi connectivity index (χ4v) is 2.76. The van der Waals surface area contributed by atoms with Crippen molar-refractivity contribution in [2.45, 2.75) is 31.5 Å². The molecule has 2 fully saturated rings. The molecular weight excluding hydrogens is 304 g/mol. The molecule has 4 heteroatoms. The first-order chi connectivity index (χ1) is 9.31. The lowest BCUT2D eigenvalue weighted by Crippen LogP contribution is -2.50. The van der Waals surface area contributed by atoms with Crippen molar-refractivity contribution in [2.75, 3.05) is 26.3 Å². The summed E-state index contributed by atoms with van der Waals surface area (Å²) in [6.45, 7) is 4.83. The zero-order chi connectivity index (χ0) is 13.1. The molecule has 0 amide bonds. The Morgan fingerprint density at radius 3 is 2.79 bits per heavy atom. The van der Waals surface area contributed by atoms with Crippen molar-refractivity contribution in [3.05, 3.63) is 34.3 Å². The molecule has 1 aromatic rings. The van der Waals surface area contributed by atoms with Gasteiger partial charge in [-0.3, -0.25) is 4.90 Å². The van der Waals surface area contributed by atoms with Gasteiger partial charge in [0, 0.05) is 36.2 Å². The summed E-state index contributed by atoms with van der Waals surface area (Å²) in [6, 6.07) is 9.92. The first-order valence-electron chi connectivity index (χ1n) is 7.11. The molecule has 1 saturated heterocycles. The number of benzene rings is 1. The van der Waals surface area contributed by atoms with Gasteiger partial charge in [-0.15, -0.1) is 0 Å². The van der Waals surface area contributed by atoms with E-state index < -0.39 is 0 Å². The zero-order valence-corrected chi connectivity index (χ0v) is 12.7. The second-order valence-corrected chi connectivity index (χ2v) is 6.42. The fourth-order valence-electron chi connectivity index (χ4n) is 2.50. The maximum absolute atomic E-state index is 5.63. The molecular formula is C15H21BrN2O. The van der Waals surface area contributed by atoms with Crippen LogP contribution in [0, 0.1) is 0 Å². The predicted octanol–water partition coefficient (Wildman–Crippen LogP) is 2.40. The van der Waals surface area contributed by atoms with Crippen LogP contribution in [0.2, 0.25) is 0 Å². The summed E-state index contributed by atoms with van der Waals surface area (Å²) in [7, 11) is 0. The van der Waals surface area contributed by atoms with Crippen LogP contribution in [-0.2, 0) is 11.3 Å². The Kier molecular flexibility index (Phi) is 4.53. The van der Waals surface area contributed by atoms with E-state index in [0.29, 0.717) is 6.04 Å². The van der Waals surface area contributed by atoms with Crippen molar-refractivity contribution in [1.29, 1.82) is 0 Å². The molecule has 1 aromatic carbocycles. The van der Waals surface area contributed by atoms with Crippen LogP contribution >= 0.6 is 15.9 Å². The molecule has 19 heavy (non-hydrogen) atoms. The monoisotopic (exact) mass is 324 g/mol. The average Bonchev–Trinajstić information content (AvgIpc) is 3.25. The number of ether oxygens (including phenoxy) is 1. The summed E-state index contributed by atoms with van der Waals surface area (Å²) in [5, 5.41) is 3.62. The molecule has 104 valence electrons. The number of hydrogen-bond donors (Lipinski definition) is 1. The van der Waals surface area contributed by atoms with Crippen molar-refractivity contribution < 1.29 is 4.74 Å². The van der Waals surface area contributed by atoms with Gasteiger partial charge < -0.3 is 10.1 Å². The smallest absolute Gasteiger partial charge is 0.0635 e. The van der Waals surface area contributed by atoms with Gasteiger partial charge in [0.2, 0.25) is 0 Å². The van der Waals surface area contributed by atoms with Gasteiger partial charge in [-0.05, 0) is 30.5 Å². The molecule has 0 radical (unpaired) electrons. The quantitative estimate of drug-likeness (QED) is 0.900. The van der Waals surface area contributed by atoms with Crippen molar-refractivity contribution in [3.8, 4) is 0 Å². The van der Waals surface area contributed by atoms with E-state index in [-0.39, 0.29) is 0 Å². The molecule has 1 saturated carbocycles. The SMILES string of the molecule is Brc1ccc(CN2CCOCC2CNC2CC2)cc1. The van der Waals surface area contributed by atoms with E-state index in [9.17, 15) is 0 Å². The lowest BCUT2D eigenvalue weighted by atomic mass is 10.1. The molecule has 0 spiro atoms. The Morgan fingerprint density at radius 2 is 2.05 bits per heavy atom. The van der Waals surface area contributed by atoms with Crippen molar-refractivity contribution in [2.24, 2.45) is 0 Å². The largest absolute Gasteiger partial charge is 0.378 e. The summed E-state index contributed by atoms with van der Waals surface area (Å²) in [5.41, 5.74) is 1.38. The van der Waals surface area contributed by atoms with Crippen LogP contribution in [-0.4, -0.2) is 43.3 Å². The molecule has 1 aliphatic heterocycles. The van der Waals surface area contributed by atoms with Gasteiger partial charge in [-0.1, -0.05) is 28.1 Å². The van der Waals surface area contributed by atoms with Gasteiger partial charge in [-0.2, -0.15) is 0 Å². The first kappa shape index (κ1) is 13.6. The molecule has 1 heterocycles. The minimum atomic E-state index is 0.512. The lowest BCUT2D eigenvalue weighted by molar-refractivity contribution is -0.0110. The maximum Gasteiger partial charge on any atom is 0.0635 e. The first-order valence-corrected chi connectivity index (χ1v) is 7.90. The number of morpholine rings is 1. The number of nitrogens with one attached hydrogen (secondary N) is 1. The van der Waals surface area contributed by atoms with Gasteiger partial charge in [0.05, 0.1) is 13.2 Å². The summed E-state index contributed by atoms with van der Waals surface area (Å²) in [4.78, 5) is 2.54. The van der Waals surface area contributed by atoms with Crippen LogP contribution in [0.15, 0.2) is 28.7 Å². The minimum absolute atomic E-state index is 0.512. The standard InChI is InChI=1S/C15H21BrN2O/c16-13-3-1-12(2-4-13)10-18-7-8-19-11-15(18)9-17-14-5-6-14/h1-4,14-15,17H,5-11H2. The van der Waals surface area contributed by atoms with Crippen LogP contribution in [0.3, 0.4) is 0 Å². The predicted molar refractivity (Wildman–Crippen MR) is 80.2 cm³/mol. The van der Waals surface area contributed by atoms with E-state index in [1.807, 2.05) is 0 Å². The van der Waals surface area contributed by atoms with Crippen LogP contribution < -0.4 is 5.32 Å². The van der Waals surface area contributed by atoms with Gasteiger partial charge in [0.1, 0.15) is 0 Å². The minimum Gasteiger partial charge on any atom is -0.378 e. The highest BCUT2D eigenvalue weighted by Gasteiger charge is 2.26. The van der Waals surface area contributed by atoms with Crippen molar-refractivity contribution in [1.82, 2.24) is 10.2 Å². The van der Waals surface area contributed by atoms with Gasteiger partial charge in [-0.25, -0.2) is 0 Å². The number of nitrogens with zero attached hydrogens (tertiary/aromatic N) is 1. The van der Waals surface area contributed by atoms with Crippen LogP contribution in [0.25, 0.3) is 0 Å². The van der Waals surface area contributed by atoms with Crippen LogP contribution in [0.5, 0.6) is 0 Å². The third kappa shape index (κ3) is 4.02. The Labute approximate surface area is 123 Å². The Morgan fingerprint density at radius 1 is 1.26 bits per heavy atom. The molecule has 1 N–H and O–H groups in total. The highest BCUT2D eigenvalue weighted by Crippen LogP contribution is 2.20. The molecule has 3 rings (SSSR count). The number of hydrogen-bond acceptors (Lipinski definition) is 3. The lowest BCUT2D eigenvalue weighted by Gasteiger charge is -2.35. The van der Waals surface area contributed by atoms with Gasteiger partial charge in [0.15, 0.2) is 0 Å². The third-order valence-corrected chi connectivity index (χ3v) is 4.40. The van der Waals surface area contributed by atoms with Gasteiger partial charge >= 0.3 is 0 Å². The maximum atomic E-state index is 5.63. The fraction of sp³-hybridized carbons (Fsp3) is 0.600. The molecule has 1 unspecified atom stereocenters. The topological polar surface area (TPSA) is 24.5 Å². The second kappa shape index (κ2) is 6.35. The molecule has 0 aromatic heterocycles. The van der Waals surface area contributed by atoms with Gasteiger partial charge in [0.25, 0.3) is 0 Å². The van der Waals surface area contributed by atoms with E-state index >= 15 is 0 Å². The Hall–Kier alpha value is -0.420. The summed E-state index contributed by atoms with van der Waals surface area (Å²) in [6.07, 6.45) is 2.70. The molecule has 1 atom stereocenters. The molecule has 1 aliphatic carbocycles. The van der Waals surface area contributed by atoms with E-state index in [1.54, 1.807) is 0 Å². The zero-order valence-electron chi connectivity index (χ0n) is 11.1. The summed E-state index contributed by atoms with van der Waals surface area (Å²) < 4.78 is 6.78. The van der Waals surface area contributed by atoms with E-state index in [0.717, 1.165) is 43.4 Å². The van der Waals surface area contributed by atoms with E-state index in [1.165, 1.54) is 18.4 Å². The highest BCUT2D eigenvalue weighted by atomic mass is 79.9. The van der Waals surface area contributed by atoms with Crippen LogP contribution in [0.1, 0.15) is 18.4 Å². The number of halogens is 1. The van der Waals surface area contributed by atoms with Crippen molar-refractivity contribution in [3.63, 3.8) is 0 Å². The van der Waals surface area contributed by atoms with Crippen molar-refractivity contribution >= 4 is 15.9 Å². The summed E-state index contributed by atoms with van der Waals surface area (Å²) in [5.74, 6) is 0. The Bertz CT molecular complexity index is 405. The molecule has 2 aliphatic rings. The van der Waals surface area contributed by atoms with E-state index in [2.05, 4.69) is 50.4 Å². The average molecular weight is 325 g/mol. The van der Waals surface area contributed by atoms with Crippen LogP contribution in [0.4, 0.5) is 0 Å². The third-order valence-electron chi connectivity index (χ3n) is 3.87. The summed E-state index contributed by atoms with van der Waals surface area (Å²) >= 11 is 3.49. The number of rotatable bonds is 5.